The van der Waals surface area contributed by atoms with E-state index in [0.29, 0.717) is 5.92 Å². The molecule has 1 saturated heterocycles. The third kappa shape index (κ3) is 3.27. The van der Waals surface area contributed by atoms with Crippen LogP contribution in [0.3, 0.4) is 0 Å². The van der Waals surface area contributed by atoms with Crippen molar-refractivity contribution in [3.05, 3.63) is 22.5 Å². The van der Waals surface area contributed by atoms with Crippen molar-refractivity contribution in [3.8, 4) is 0 Å². The van der Waals surface area contributed by atoms with Crippen LogP contribution in [0.1, 0.15) is 26.7 Å². The van der Waals surface area contributed by atoms with Crippen LogP contribution in [0.4, 0.5) is 5.69 Å². The van der Waals surface area contributed by atoms with Gasteiger partial charge < -0.3 is 10.2 Å². The van der Waals surface area contributed by atoms with Gasteiger partial charge >= 0.3 is 5.69 Å². The van der Waals surface area contributed by atoms with E-state index in [-0.39, 0.29) is 11.6 Å². The van der Waals surface area contributed by atoms with Gasteiger partial charge in [0.05, 0.1) is 4.92 Å². The first-order valence-electron chi connectivity index (χ1n) is 7.49. The normalized spacial score (nSPS) is 16.8. The first kappa shape index (κ1) is 16.4. The summed E-state index contributed by atoms with van der Waals surface area (Å²) in [4.78, 5) is 24.8. The molecule has 1 aromatic rings. The number of nitro groups is 1. The molecule has 0 atom stereocenters. The highest BCUT2D eigenvalue weighted by molar-refractivity contribution is 5.83. The van der Waals surface area contributed by atoms with Gasteiger partial charge in [0.1, 0.15) is 17.9 Å². The van der Waals surface area contributed by atoms with E-state index in [9.17, 15) is 14.9 Å². The van der Waals surface area contributed by atoms with Gasteiger partial charge in [-0.15, -0.1) is 0 Å². The van der Waals surface area contributed by atoms with Gasteiger partial charge in [0.25, 0.3) is 0 Å². The second-order valence-corrected chi connectivity index (χ2v) is 6.25. The van der Waals surface area contributed by atoms with Gasteiger partial charge in [-0.2, -0.15) is 5.10 Å². The summed E-state index contributed by atoms with van der Waals surface area (Å²) in [5.74, 6) is 0.552. The van der Waals surface area contributed by atoms with E-state index in [1.807, 2.05) is 11.9 Å². The molecule has 1 amide bonds. The minimum Gasteiger partial charge on any atom is -0.341 e. The SMILES string of the molecule is CNCC1CCN(C(=O)C(C)(C)n2cc([N+](=O)[O-])cn2)CC1. The van der Waals surface area contributed by atoms with E-state index in [4.69, 9.17) is 0 Å². The van der Waals surface area contributed by atoms with Crippen molar-refractivity contribution in [2.45, 2.75) is 32.2 Å². The Bertz CT molecular complexity index is 546. The highest BCUT2D eigenvalue weighted by Crippen LogP contribution is 2.24. The van der Waals surface area contributed by atoms with E-state index in [1.165, 1.54) is 17.1 Å². The Kier molecular flexibility index (Phi) is 4.80. The molecule has 1 aromatic heterocycles. The van der Waals surface area contributed by atoms with Gasteiger partial charge in [-0.25, -0.2) is 0 Å². The molecule has 8 nitrogen and oxygen atoms in total. The molecule has 8 heteroatoms. The Hall–Kier alpha value is -1.96. The van der Waals surface area contributed by atoms with Crippen LogP contribution in [0.5, 0.6) is 0 Å². The van der Waals surface area contributed by atoms with E-state index in [1.54, 1.807) is 13.8 Å². The summed E-state index contributed by atoms with van der Waals surface area (Å²) in [7, 11) is 1.94. The van der Waals surface area contributed by atoms with Crippen LogP contribution < -0.4 is 5.32 Å². The Morgan fingerprint density at radius 1 is 1.50 bits per heavy atom. The van der Waals surface area contributed by atoms with E-state index in [0.717, 1.165) is 32.5 Å². The third-order valence-electron chi connectivity index (χ3n) is 4.27. The number of rotatable bonds is 5. The maximum absolute atomic E-state index is 12.7. The van der Waals surface area contributed by atoms with Crippen LogP contribution in [0.15, 0.2) is 12.4 Å². The number of hydrogen-bond acceptors (Lipinski definition) is 5. The molecule has 0 spiro atoms. The predicted molar refractivity (Wildman–Crippen MR) is 81.4 cm³/mol. The molecule has 0 saturated carbocycles. The number of hydrogen-bond donors (Lipinski definition) is 1. The molecule has 1 aliphatic rings. The molecule has 0 unspecified atom stereocenters. The topological polar surface area (TPSA) is 93.3 Å². The lowest BCUT2D eigenvalue weighted by Crippen LogP contribution is -2.50. The molecule has 0 bridgehead atoms. The average Bonchev–Trinajstić information content (AvgIpc) is 2.98. The summed E-state index contributed by atoms with van der Waals surface area (Å²) in [5, 5.41) is 17.9. The van der Waals surface area contributed by atoms with Crippen molar-refractivity contribution in [3.63, 3.8) is 0 Å². The molecule has 0 aromatic carbocycles. The molecule has 22 heavy (non-hydrogen) atoms. The van der Waals surface area contributed by atoms with Gasteiger partial charge in [0, 0.05) is 13.1 Å². The summed E-state index contributed by atoms with van der Waals surface area (Å²) >= 11 is 0. The fourth-order valence-electron chi connectivity index (χ4n) is 2.83. The Labute approximate surface area is 129 Å². The smallest absolute Gasteiger partial charge is 0.307 e. The number of nitrogens with one attached hydrogen (secondary N) is 1. The summed E-state index contributed by atoms with van der Waals surface area (Å²) in [5.41, 5.74) is -1.03. The van der Waals surface area contributed by atoms with Crippen LogP contribution in [0.25, 0.3) is 0 Å². The number of piperidine rings is 1. The van der Waals surface area contributed by atoms with Crippen molar-refractivity contribution in [1.82, 2.24) is 20.0 Å². The number of nitrogens with zero attached hydrogens (tertiary/aromatic N) is 4. The quantitative estimate of drug-likeness (QED) is 0.646. The molecule has 1 fully saturated rings. The lowest BCUT2D eigenvalue weighted by Gasteiger charge is -2.37. The molecule has 0 radical (unpaired) electrons. The van der Waals surface area contributed by atoms with Crippen LogP contribution in [0, 0.1) is 16.0 Å². The zero-order chi connectivity index (χ0) is 16.3. The number of likely N-dealkylation sites (tertiary alicyclic amines) is 1. The van der Waals surface area contributed by atoms with E-state index < -0.39 is 10.5 Å². The molecular weight excluding hydrogens is 286 g/mol. The van der Waals surface area contributed by atoms with Gasteiger partial charge in [0.15, 0.2) is 0 Å². The summed E-state index contributed by atoms with van der Waals surface area (Å²) < 4.78 is 1.38. The van der Waals surface area contributed by atoms with Crippen LogP contribution in [-0.2, 0) is 10.3 Å². The monoisotopic (exact) mass is 309 g/mol. The maximum atomic E-state index is 12.7. The first-order chi connectivity index (χ1) is 10.4. The number of carbonyl (C=O) groups is 1. The fourth-order valence-corrected chi connectivity index (χ4v) is 2.83. The standard InChI is InChI=1S/C14H23N5O3/c1-14(2,18-10-12(9-16-18)19(21)22)13(20)17-6-4-11(5-7-17)8-15-3/h9-11,15H,4-8H2,1-3H3. The second kappa shape index (κ2) is 6.43. The summed E-state index contributed by atoms with van der Waals surface area (Å²) in [6, 6.07) is 0. The lowest BCUT2D eigenvalue weighted by atomic mass is 9.94. The van der Waals surface area contributed by atoms with Gasteiger partial charge in [-0.1, -0.05) is 0 Å². The third-order valence-corrected chi connectivity index (χ3v) is 4.27. The highest BCUT2D eigenvalue weighted by Gasteiger charge is 2.36. The van der Waals surface area contributed by atoms with Crippen molar-refractivity contribution < 1.29 is 9.72 Å². The molecule has 2 heterocycles. The Morgan fingerprint density at radius 2 is 2.14 bits per heavy atom. The fraction of sp³-hybridized carbons (Fsp3) is 0.714. The molecule has 0 aliphatic carbocycles. The molecule has 122 valence electrons. The number of amides is 1. The molecule has 1 aliphatic heterocycles. The van der Waals surface area contributed by atoms with E-state index >= 15 is 0 Å². The second-order valence-electron chi connectivity index (χ2n) is 6.25. The summed E-state index contributed by atoms with van der Waals surface area (Å²) in [6.45, 7) is 5.89. The van der Waals surface area contributed by atoms with Gasteiger partial charge in [-0.05, 0) is 46.2 Å². The zero-order valence-corrected chi connectivity index (χ0v) is 13.3. The molecule has 2 rings (SSSR count). The minimum absolute atomic E-state index is 0.0478. The highest BCUT2D eigenvalue weighted by atomic mass is 16.6. The van der Waals surface area contributed by atoms with Crippen LogP contribution in [0.2, 0.25) is 0 Å². The van der Waals surface area contributed by atoms with E-state index in [2.05, 4.69) is 10.4 Å². The van der Waals surface area contributed by atoms with Crippen LogP contribution in [-0.4, -0.2) is 52.2 Å². The number of aromatic nitrogens is 2. The van der Waals surface area contributed by atoms with Crippen LogP contribution >= 0.6 is 0 Å². The number of carbonyl (C=O) groups excluding carboxylic acids is 1. The van der Waals surface area contributed by atoms with Gasteiger partial charge in [-0.3, -0.25) is 19.6 Å². The molecule has 1 N–H and O–H groups in total. The van der Waals surface area contributed by atoms with Crippen molar-refractivity contribution in [1.29, 1.82) is 0 Å². The largest absolute Gasteiger partial charge is 0.341 e. The Balaban J connectivity index is 2.05. The lowest BCUT2D eigenvalue weighted by molar-refractivity contribution is -0.385. The summed E-state index contributed by atoms with van der Waals surface area (Å²) in [6.07, 6.45) is 4.43. The average molecular weight is 309 g/mol. The van der Waals surface area contributed by atoms with Crippen molar-refractivity contribution in [2.24, 2.45) is 5.92 Å². The minimum atomic E-state index is -0.926. The van der Waals surface area contributed by atoms with Crippen molar-refractivity contribution in [2.75, 3.05) is 26.7 Å². The predicted octanol–water partition coefficient (Wildman–Crippen LogP) is 0.984. The van der Waals surface area contributed by atoms with Crippen molar-refractivity contribution >= 4 is 11.6 Å². The first-order valence-corrected chi connectivity index (χ1v) is 7.49. The Morgan fingerprint density at radius 3 is 2.64 bits per heavy atom. The molecular formula is C14H23N5O3. The maximum Gasteiger partial charge on any atom is 0.307 e. The van der Waals surface area contributed by atoms with Gasteiger partial charge in [0.2, 0.25) is 5.91 Å². The zero-order valence-electron chi connectivity index (χ0n) is 13.3.